The van der Waals surface area contributed by atoms with Crippen LogP contribution in [0.3, 0.4) is 0 Å². The number of anilines is 1. The molecule has 1 fully saturated rings. The van der Waals surface area contributed by atoms with Gasteiger partial charge in [-0.05, 0) is 37.3 Å². The molecule has 1 aliphatic rings. The third kappa shape index (κ3) is 4.95. The maximum absolute atomic E-state index is 12.5. The van der Waals surface area contributed by atoms with Gasteiger partial charge in [0.1, 0.15) is 17.6 Å². The number of benzene rings is 1. The number of aromatic nitrogens is 2. The topological polar surface area (TPSA) is 151 Å². The lowest BCUT2D eigenvalue weighted by molar-refractivity contribution is -0.139. The van der Waals surface area contributed by atoms with E-state index < -0.39 is 23.9 Å². The van der Waals surface area contributed by atoms with Crippen molar-refractivity contribution in [2.24, 2.45) is 5.73 Å². The number of hydrogen-bond acceptors (Lipinski definition) is 7. The summed E-state index contributed by atoms with van der Waals surface area (Å²) in [6.45, 7) is 2.11. The molecule has 1 atom stereocenters. The average molecular weight is 428 g/mol. The monoisotopic (exact) mass is 428 g/mol. The van der Waals surface area contributed by atoms with Gasteiger partial charge in [-0.2, -0.15) is 4.98 Å². The van der Waals surface area contributed by atoms with Gasteiger partial charge in [0, 0.05) is 37.9 Å². The molecule has 0 saturated carbocycles. The van der Waals surface area contributed by atoms with Crippen LogP contribution in [-0.4, -0.2) is 81.0 Å². The Morgan fingerprint density at radius 3 is 2.32 bits per heavy atom. The van der Waals surface area contributed by atoms with Crippen LogP contribution >= 0.6 is 0 Å². The lowest BCUT2D eigenvalue weighted by atomic mass is 10.0. The average Bonchev–Trinajstić information content (AvgIpc) is 2.79. The number of nitrogens with one attached hydrogen (secondary N) is 1. The van der Waals surface area contributed by atoms with Crippen molar-refractivity contribution >= 4 is 24.0 Å². The molecule has 0 bridgehead atoms. The van der Waals surface area contributed by atoms with Crippen LogP contribution in [0.2, 0.25) is 0 Å². The molecule has 2 heterocycles. The van der Waals surface area contributed by atoms with E-state index in [1.807, 2.05) is 0 Å². The zero-order chi connectivity index (χ0) is 22.6. The summed E-state index contributed by atoms with van der Waals surface area (Å²) in [5.41, 5.74) is 4.87. The normalized spacial score (nSPS) is 15.8. The summed E-state index contributed by atoms with van der Waals surface area (Å²) in [6, 6.07) is 7.47. The van der Waals surface area contributed by atoms with E-state index in [-0.39, 0.29) is 37.9 Å². The van der Waals surface area contributed by atoms with Crippen LogP contribution in [0.1, 0.15) is 17.3 Å². The fourth-order valence-corrected chi connectivity index (χ4v) is 3.11. The number of nitrogens with zero attached hydrogens (tertiary/aromatic N) is 4. The summed E-state index contributed by atoms with van der Waals surface area (Å²) in [7, 11) is 0. The Labute approximate surface area is 178 Å². The summed E-state index contributed by atoms with van der Waals surface area (Å²) in [4.78, 5) is 54.8. The van der Waals surface area contributed by atoms with Crippen LogP contribution in [0.5, 0.6) is 0 Å². The second-order valence-corrected chi connectivity index (χ2v) is 7.46. The highest BCUT2D eigenvalue weighted by atomic mass is 16.3. The van der Waals surface area contributed by atoms with Crippen molar-refractivity contribution in [3.63, 3.8) is 0 Å². The molecule has 0 unspecified atom stereocenters. The molecule has 2 aromatic rings. The first-order valence-electron chi connectivity index (χ1n) is 9.65. The number of rotatable bonds is 5. The molecule has 164 valence electrons. The van der Waals surface area contributed by atoms with E-state index in [1.165, 1.54) is 33.6 Å². The first-order chi connectivity index (χ1) is 14.7. The molecule has 3 rings (SSSR count). The summed E-state index contributed by atoms with van der Waals surface area (Å²) >= 11 is 0. The first kappa shape index (κ1) is 22.1. The summed E-state index contributed by atoms with van der Waals surface area (Å²) in [6.07, 6.45) is 2.19. The standard InChI is InChI=1S/C20H24N6O5/c1-20(21,13-28)17(29)24-8-10-25(11-9-24)18(30)22-16-6-7-26(19(31)23-16)15-4-2-14(12-27)3-5-15/h2-7,12,28H,8-11,13,21H2,1H3,(H,22,23,30,31)/t20-/m0/s1. The van der Waals surface area contributed by atoms with E-state index >= 15 is 0 Å². The molecule has 1 aromatic heterocycles. The summed E-state index contributed by atoms with van der Waals surface area (Å²) in [5, 5.41) is 11.8. The van der Waals surface area contributed by atoms with Gasteiger partial charge in [0.25, 0.3) is 0 Å². The Bertz CT molecular complexity index is 1030. The Hall–Kier alpha value is -3.57. The number of nitrogens with two attached hydrogens (primary N) is 1. The van der Waals surface area contributed by atoms with E-state index in [0.717, 1.165) is 0 Å². The van der Waals surface area contributed by atoms with Crippen LogP contribution in [0.4, 0.5) is 10.6 Å². The molecule has 11 nitrogen and oxygen atoms in total. The highest BCUT2D eigenvalue weighted by molar-refractivity contribution is 5.89. The largest absolute Gasteiger partial charge is 0.394 e. The Kier molecular flexibility index (Phi) is 6.47. The van der Waals surface area contributed by atoms with Crippen molar-refractivity contribution in [3.05, 3.63) is 52.6 Å². The van der Waals surface area contributed by atoms with Crippen LogP contribution in [0, 0.1) is 0 Å². The molecule has 0 spiro atoms. The minimum absolute atomic E-state index is 0.101. The van der Waals surface area contributed by atoms with Gasteiger partial charge in [0.05, 0.1) is 12.3 Å². The van der Waals surface area contributed by atoms with Crippen molar-refractivity contribution in [1.29, 1.82) is 0 Å². The fourth-order valence-electron chi connectivity index (χ4n) is 3.11. The molecular formula is C20H24N6O5. The number of carbonyl (C=O) groups is 3. The number of amides is 3. The van der Waals surface area contributed by atoms with Crippen LogP contribution in [0.15, 0.2) is 41.3 Å². The summed E-state index contributed by atoms with van der Waals surface area (Å²) in [5.74, 6) is -0.273. The number of hydrogen-bond donors (Lipinski definition) is 3. The van der Waals surface area contributed by atoms with E-state index in [0.29, 0.717) is 17.5 Å². The van der Waals surface area contributed by atoms with Gasteiger partial charge in [0.15, 0.2) is 0 Å². The Balaban J connectivity index is 1.61. The predicted octanol–water partition coefficient (Wildman–Crippen LogP) is -0.569. The van der Waals surface area contributed by atoms with Gasteiger partial charge >= 0.3 is 11.7 Å². The maximum atomic E-state index is 12.5. The molecule has 1 saturated heterocycles. The van der Waals surface area contributed by atoms with Crippen LogP contribution < -0.4 is 16.7 Å². The van der Waals surface area contributed by atoms with Crippen LogP contribution in [0.25, 0.3) is 5.69 Å². The zero-order valence-electron chi connectivity index (χ0n) is 17.0. The van der Waals surface area contributed by atoms with Crippen molar-refractivity contribution in [2.45, 2.75) is 12.5 Å². The Morgan fingerprint density at radius 2 is 1.77 bits per heavy atom. The van der Waals surface area contributed by atoms with Gasteiger partial charge < -0.3 is 20.6 Å². The van der Waals surface area contributed by atoms with Crippen LogP contribution in [-0.2, 0) is 4.79 Å². The van der Waals surface area contributed by atoms with Crippen molar-refractivity contribution in [2.75, 3.05) is 38.1 Å². The van der Waals surface area contributed by atoms with Gasteiger partial charge in [-0.15, -0.1) is 0 Å². The molecule has 11 heteroatoms. The van der Waals surface area contributed by atoms with E-state index in [9.17, 15) is 24.3 Å². The number of piperazine rings is 1. The van der Waals surface area contributed by atoms with E-state index in [1.54, 1.807) is 24.3 Å². The molecule has 1 aromatic carbocycles. The van der Waals surface area contributed by atoms with Gasteiger partial charge in [0.2, 0.25) is 5.91 Å². The zero-order valence-corrected chi connectivity index (χ0v) is 17.0. The quantitative estimate of drug-likeness (QED) is 0.540. The van der Waals surface area contributed by atoms with E-state index in [4.69, 9.17) is 5.73 Å². The SMILES string of the molecule is C[C@](N)(CO)C(=O)N1CCN(C(=O)Nc2ccn(-c3ccc(C=O)cc3)c(=O)n2)CC1. The number of aldehydes is 1. The lowest BCUT2D eigenvalue weighted by Gasteiger charge is -2.37. The van der Waals surface area contributed by atoms with Gasteiger partial charge in [-0.3, -0.25) is 19.5 Å². The third-order valence-corrected chi connectivity index (χ3v) is 5.02. The smallest absolute Gasteiger partial charge is 0.354 e. The predicted molar refractivity (Wildman–Crippen MR) is 112 cm³/mol. The van der Waals surface area contributed by atoms with Gasteiger partial charge in [-0.1, -0.05) is 0 Å². The maximum Gasteiger partial charge on any atom is 0.354 e. The second-order valence-electron chi connectivity index (χ2n) is 7.46. The van der Waals surface area contributed by atoms with Crippen molar-refractivity contribution < 1.29 is 19.5 Å². The molecule has 31 heavy (non-hydrogen) atoms. The van der Waals surface area contributed by atoms with E-state index in [2.05, 4.69) is 10.3 Å². The fraction of sp³-hybridized carbons (Fsp3) is 0.350. The lowest BCUT2D eigenvalue weighted by Crippen LogP contribution is -2.60. The Morgan fingerprint density at radius 1 is 1.16 bits per heavy atom. The molecular weight excluding hydrogens is 404 g/mol. The number of carbonyl (C=O) groups excluding carboxylic acids is 3. The molecule has 4 N–H and O–H groups in total. The first-order valence-corrected chi connectivity index (χ1v) is 9.65. The number of aliphatic hydroxyl groups excluding tert-OH is 1. The highest BCUT2D eigenvalue weighted by Gasteiger charge is 2.34. The van der Waals surface area contributed by atoms with Crippen molar-refractivity contribution in [3.8, 4) is 5.69 Å². The molecule has 3 amide bonds. The van der Waals surface area contributed by atoms with Gasteiger partial charge in [-0.25, -0.2) is 9.59 Å². The molecule has 1 aliphatic heterocycles. The number of urea groups is 1. The highest BCUT2D eigenvalue weighted by Crippen LogP contribution is 2.11. The second kappa shape index (κ2) is 9.06. The molecule has 0 radical (unpaired) electrons. The number of aliphatic hydroxyl groups is 1. The minimum atomic E-state index is -1.36. The van der Waals surface area contributed by atoms with Crippen molar-refractivity contribution in [1.82, 2.24) is 19.4 Å². The third-order valence-electron chi connectivity index (χ3n) is 5.02. The molecule has 0 aliphatic carbocycles. The minimum Gasteiger partial charge on any atom is -0.394 e. The summed E-state index contributed by atoms with van der Waals surface area (Å²) < 4.78 is 1.29.